The molecule has 194 valence electrons. The highest BCUT2D eigenvalue weighted by Crippen LogP contribution is 2.32. The van der Waals surface area contributed by atoms with E-state index in [9.17, 15) is 17.6 Å². The van der Waals surface area contributed by atoms with Crippen molar-refractivity contribution in [1.82, 2.24) is 9.80 Å². The number of nitrogens with zero attached hydrogens (tertiary/aromatic N) is 3. The summed E-state index contributed by atoms with van der Waals surface area (Å²) in [5.41, 5.74) is 2.53. The van der Waals surface area contributed by atoms with Gasteiger partial charge in [-0.2, -0.15) is 0 Å². The molecule has 8 heteroatoms. The summed E-state index contributed by atoms with van der Waals surface area (Å²) in [4.78, 5) is 8.75. The Kier molecular flexibility index (Phi) is 7.30. The first-order valence-electron chi connectivity index (χ1n) is 12.0. The van der Waals surface area contributed by atoms with Crippen molar-refractivity contribution in [3.05, 3.63) is 102 Å². The fraction of sp³-hybridized carbons (Fsp3) is 0.276. The van der Waals surface area contributed by atoms with Crippen LogP contribution in [-0.4, -0.2) is 35.8 Å². The van der Waals surface area contributed by atoms with E-state index >= 15 is 0 Å². The van der Waals surface area contributed by atoms with E-state index in [1.807, 2.05) is 13.1 Å². The Hall–Kier alpha value is -3.81. The van der Waals surface area contributed by atoms with Crippen molar-refractivity contribution in [3.63, 3.8) is 0 Å². The van der Waals surface area contributed by atoms with Crippen molar-refractivity contribution >= 4 is 22.8 Å². The van der Waals surface area contributed by atoms with Gasteiger partial charge in [0.1, 0.15) is 29.0 Å². The number of aliphatic imine (C=N–C) groups is 1. The molecule has 2 aliphatic heterocycles. The summed E-state index contributed by atoms with van der Waals surface area (Å²) >= 11 is 0. The van der Waals surface area contributed by atoms with Gasteiger partial charge in [-0.25, -0.2) is 22.6 Å². The monoisotopic (exact) mass is 510 g/mol. The Bertz CT molecular complexity index is 1310. The summed E-state index contributed by atoms with van der Waals surface area (Å²) in [5, 5.41) is 2.80. The Balaban J connectivity index is 1.71. The van der Waals surface area contributed by atoms with Crippen LogP contribution in [0, 0.1) is 11.6 Å². The van der Waals surface area contributed by atoms with Crippen molar-refractivity contribution < 1.29 is 17.6 Å². The van der Waals surface area contributed by atoms with Crippen molar-refractivity contribution in [2.75, 3.05) is 25.5 Å². The number of hydrogen-bond donors (Lipinski definition) is 1. The molecule has 0 amide bonds. The quantitative estimate of drug-likeness (QED) is 0.412. The van der Waals surface area contributed by atoms with Gasteiger partial charge in [-0.1, -0.05) is 36.9 Å². The second-order valence-corrected chi connectivity index (χ2v) is 9.48. The van der Waals surface area contributed by atoms with Crippen LogP contribution in [0.25, 0.3) is 11.3 Å². The third kappa shape index (κ3) is 5.79. The lowest BCUT2D eigenvalue weighted by atomic mass is 10.0. The predicted molar refractivity (Wildman–Crippen MR) is 142 cm³/mol. The first kappa shape index (κ1) is 26.3. The molecule has 0 saturated carbocycles. The van der Waals surface area contributed by atoms with Crippen LogP contribution in [0.15, 0.2) is 78.2 Å². The van der Waals surface area contributed by atoms with Crippen LogP contribution in [0.1, 0.15) is 43.4 Å². The second kappa shape index (κ2) is 10.3. The van der Waals surface area contributed by atoms with E-state index in [1.165, 1.54) is 24.3 Å². The smallest absolute Gasteiger partial charge is 0.270 e. The third-order valence-electron chi connectivity index (χ3n) is 6.49. The molecule has 0 spiro atoms. The van der Waals surface area contributed by atoms with Crippen LogP contribution < -0.4 is 5.32 Å². The zero-order valence-electron chi connectivity index (χ0n) is 21.2. The number of rotatable bonds is 6. The standard InChI is InChI=1S/C29H30F4N4/c1-18(2)21-15-24(30)28(25(31)16-21)34-19(3)37-13-7-12-36(5)23-10-11-26(35-27(37)17-23)20-8-6-9-22(14-20)29(4,32)33/h6,8-11,14-16,34H,1,3,7,12-13,17H2,2,4-5H3. The van der Waals surface area contributed by atoms with Gasteiger partial charge in [-0.05, 0) is 49.3 Å². The molecule has 1 saturated heterocycles. The summed E-state index contributed by atoms with van der Waals surface area (Å²) < 4.78 is 57.6. The number of halogens is 4. The van der Waals surface area contributed by atoms with Gasteiger partial charge in [0.2, 0.25) is 0 Å². The van der Waals surface area contributed by atoms with Crippen molar-refractivity contribution in [3.8, 4) is 0 Å². The number of anilines is 1. The molecule has 4 rings (SSSR count). The van der Waals surface area contributed by atoms with Gasteiger partial charge in [-0.3, -0.25) is 0 Å². The number of fused-ring (bicyclic) bond motifs is 2. The number of alkyl halides is 2. The normalized spacial score (nSPS) is 16.1. The molecule has 2 aromatic carbocycles. The molecular weight excluding hydrogens is 480 g/mol. The Morgan fingerprint density at radius 3 is 2.41 bits per heavy atom. The average Bonchev–Trinajstić information content (AvgIpc) is 3.07. The lowest BCUT2D eigenvalue weighted by Crippen LogP contribution is -2.39. The fourth-order valence-electron chi connectivity index (χ4n) is 4.32. The van der Waals surface area contributed by atoms with Crippen LogP contribution in [0.4, 0.5) is 23.2 Å². The second-order valence-electron chi connectivity index (χ2n) is 9.48. The van der Waals surface area contributed by atoms with E-state index in [4.69, 9.17) is 4.99 Å². The van der Waals surface area contributed by atoms with Gasteiger partial charge < -0.3 is 15.1 Å². The molecular formula is C29H30F4N4. The van der Waals surface area contributed by atoms with Crippen LogP contribution >= 0.6 is 0 Å². The maximum atomic E-state index is 14.8. The average molecular weight is 511 g/mol. The van der Waals surface area contributed by atoms with Crippen molar-refractivity contribution in [2.24, 2.45) is 4.99 Å². The molecule has 0 unspecified atom stereocenters. The molecule has 0 aromatic heterocycles. The minimum atomic E-state index is -2.99. The molecule has 0 aliphatic carbocycles. The predicted octanol–water partition coefficient (Wildman–Crippen LogP) is 7.36. The highest BCUT2D eigenvalue weighted by molar-refractivity contribution is 5.92. The SMILES string of the molecule is C=C(C)c1cc(F)c(NC(=C)N2CCCN(C)C3=CC=C(c4cccc(C(C)(F)F)c4)N=C2C3)c(F)c1. The fourth-order valence-corrected chi connectivity index (χ4v) is 4.32. The van der Waals surface area contributed by atoms with Gasteiger partial charge in [0.25, 0.3) is 5.92 Å². The van der Waals surface area contributed by atoms with Gasteiger partial charge in [0.15, 0.2) is 0 Å². The summed E-state index contributed by atoms with van der Waals surface area (Å²) in [6, 6.07) is 8.58. The lowest BCUT2D eigenvalue weighted by Gasteiger charge is -2.34. The van der Waals surface area contributed by atoms with Crippen LogP contribution in [0.3, 0.4) is 0 Å². The third-order valence-corrected chi connectivity index (χ3v) is 6.49. The Morgan fingerprint density at radius 2 is 1.76 bits per heavy atom. The zero-order chi connectivity index (χ0) is 26.9. The van der Waals surface area contributed by atoms with Crippen molar-refractivity contribution in [2.45, 2.75) is 32.6 Å². The molecule has 1 N–H and O–H groups in total. The minimum Gasteiger partial charge on any atom is -0.377 e. The minimum absolute atomic E-state index is 0.107. The van der Waals surface area contributed by atoms with Gasteiger partial charge in [-0.15, -0.1) is 0 Å². The van der Waals surface area contributed by atoms with Crippen LogP contribution in [0.5, 0.6) is 0 Å². The molecule has 0 radical (unpaired) electrons. The van der Waals surface area contributed by atoms with Crippen LogP contribution in [0.2, 0.25) is 0 Å². The molecule has 4 nitrogen and oxygen atoms in total. The number of amidine groups is 1. The van der Waals surface area contributed by atoms with Gasteiger partial charge in [0, 0.05) is 50.3 Å². The number of benzene rings is 2. The Morgan fingerprint density at radius 1 is 1.05 bits per heavy atom. The lowest BCUT2D eigenvalue weighted by molar-refractivity contribution is 0.0174. The summed E-state index contributed by atoms with van der Waals surface area (Å²) in [6.07, 6.45) is 4.90. The first-order valence-corrected chi connectivity index (χ1v) is 12.0. The van der Waals surface area contributed by atoms with E-state index in [0.717, 1.165) is 25.6 Å². The van der Waals surface area contributed by atoms with E-state index in [0.29, 0.717) is 41.2 Å². The topological polar surface area (TPSA) is 30.9 Å². The van der Waals surface area contributed by atoms with Crippen molar-refractivity contribution in [1.29, 1.82) is 0 Å². The highest BCUT2D eigenvalue weighted by atomic mass is 19.3. The molecule has 2 heterocycles. The number of hydrogen-bond acceptors (Lipinski definition) is 4. The van der Waals surface area contributed by atoms with E-state index in [-0.39, 0.29) is 17.1 Å². The Labute approximate surface area is 215 Å². The summed E-state index contributed by atoms with van der Waals surface area (Å²) in [7, 11) is 1.98. The van der Waals surface area contributed by atoms with Gasteiger partial charge in [0.05, 0.1) is 5.70 Å². The zero-order valence-corrected chi connectivity index (χ0v) is 21.2. The summed E-state index contributed by atoms with van der Waals surface area (Å²) in [5.74, 6) is -3.65. The molecule has 2 aliphatic rings. The van der Waals surface area contributed by atoms with Crippen LogP contribution in [-0.2, 0) is 5.92 Å². The van der Waals surface area contributed by atoms with Gasteiger partial charge >= 0.3 is 0 Å². The molecule has 1 fully saturated rings. The highest BCUT2D eigenvalue weighted by Gasteiger charge is 2.27. The molecule has 2 bridgehead atoms. The molecule has 0 atom stereocenters. The summed E-state index contributed by atoms with van der Waals surface area (Å²) in [6.45, 7) is 11.6. The largest absolute Gasteiger partial charge is 0.377 e. The van der Waals surface area contributed by atoms with E-state index in [2.05, 4.69) is 23.4 Å². The number of allylic oxidation sites excluding steroid dienone is 3. The first-order chi connectivity index (χ1) is 17.4. The molecule has 37 heavy (non-hydrogen) atoms. The maximum Gasteiger partial charge on any atom is 0.270 e. The van der Waals surface area contributed by atoms with E-state index in [1.54, 1.807) is 30.0 Å². The molecule has 2 aromatic rings. The number of nitrogens with one attached hydrogen (secondary N) is 1. The maximum absolute atomic E-state index is 14.8. The van der Waals surface area contributed by atoms with E-state index < -0.39 is 17.6 Å².